The number of imidazole rings is 1. The number of H-pyrrole nitrogens is 1. The van der Waals surface area contributed by atoms with Crippen LogP contribution in [0.15, 0.2) is 59.5 Å². The van der Waals surface area contributed by atoms with E-state index in [0.29, 0.717) is 18.3 Å². The van der Waals surface area contributed by atoms with E-state index in [1.54, 1.807) is 0 Å². The molecular formula is C27H34N6O. The lowest BCUT2D eigenvalue weighted by Gasteiger charge is -2.12. The number of aryl methyl sites for hydroxylation is 1. The number of nitrogens with zero attached hydrogens (tertiary/aromatic N) is 5. The molecule has 34 heavy (non-hydrogen) atoms. The second kappa shape index (κ2) is 11.1. The molecule has 0 aliphatic carbocycles. The van der Waals surface area contributed by atoms with Gasteiger partial charge in [0.15, 0.2) is 5.82 Å². The lowest BCUT2D eigenvalue weighted by molar-refractivity contribution is 0.409. The fourth-order valence-corrected chi connectivity index (χ4v) is 4.45. The van der Waals surface area contributed by atoms with Crippen molar-refractivity contribution in [1.29, 1.82) is 0 Å². The molecule has 2 aromatic heterocycles. The first-order valence-corrected chi connectivity index (χ1v) is 12.4. The van der Waals surface area contributed by atoms with Gasteiger partial charge in [-0.25, -0.2) is 9.89 Å². The van der Waals surface area contributed by atoms with E-state index in [9.17, 15) is 4.79 Å². The summed E-state index contributed by atoms with van der Waals surface area (Å²) in [5.74, 6) is 1.18. The van der Waals surface area contributed by atoms with Gasteiger partial charge in [0.2, 0.25) is 0 Å². The van der Waals surface area contributed by atoms with Crippen molar-refractivity contribution in [2.45, 2.75) is 66.0 Å². The molecule has 0 radical (unpaired) electrons. The van der Waals surface area contributed by atoms with Crippen LogP contribution < -0.4 is 5.69 Å². The Hall–Kier alpha value is -3.48. The second-order valence-corrected chi connectivity index (χ2v) is 8.92. The van der Waals surface area contributed by atoms with Gasteiger partial charge in [0.1, 0.15) is 0 Å². The number of nitrogens with one attached hydrogen (secondary N) is 1. The number of hydrogen-bond acceptors (Lipinski definition) is 4. The van der Waals surface area contributed by atoms with Crippen molar-refractivity contribution in [3.63, 3.8) is 0 Å². The van der Waals surface area contributed by atoms with E-state index < -0.39 is 0 Å². The topological polar surface area (TPSA) is 81.4 Å². The Bertz CT molecular complexity index is 1230. The summed E-state index contributed by atoms with van der Waals surface area (Å²) in [6.45, 7) is 7.97. The van der Waals surface area contributed by atoms with Crippen molar-refractivity contribution in [2.75, 3.05) is 0 Å². The third-order valence-corrected chi connectivity index (χ3v) is 6.66. The molecule has 0 atom stereocenters. The van der Waals surface area contributed by atoms with Crippen molar-refractivity contribution in [3.8, 4) is 22.5 Å². The minimum absolute atomic E-state index is 0.102. The molecule has 7 heteroatoms. The fraction of sp³-hybridized carbons (Fsp3) is 0.407. The van der Waals surface area contributed by atoms with Crippen LogP contribution >= 0.6 is 0 Å². The molecule has 7 nitrogen and oxygen atoms in total. The molecule has 178 valence electrons. The second-order valence-electron chi connectivity index (χ2n) is 8.92. The van der Waals surface area contributed by atoms with Gasteiger partial charge in [-0.15, -0.1) is 5.10 Å². The molecule has 0 aliphatic heterocycles. The fourth-order valence-electron chi connectivity index (χ4n) is 4.45. The van der Waals surface area contributed by atoms with Crippen LogP contribution in [0.3, 0.4) is 0 Å². The van der Waals surface area contributed by atoms with Crippen molar-refractivity contribution >= 4 is 0 Å². The highest BCUT2D eigenvalue weighted by atomic mass is 16.1. The van der Waals surface area contributed by atoms with Crippen molar-refractivity contribution < 1.29 is 0 Å². The number of benzene rings is 2. The molecule has 2 heterocycles. The first-order valence-electron chi connectivity index (χ1n) is 12.4. The molecule has 0 saturated heterocycles. The van der Waals surface area contributed by atoms with E-state index in [1.165, 1.54) is 0 Å². The molecule has 1 N–H and O–H groups in total. The highest BCUT2D eigenvalue weighted by molar-refractivity contribution is 5.80. The molecule has 0 unspecified atom stereocenters. The first kappa shape index (κ1) is 23.7. The van der Waals surface area contributed by atoms with Gasteiger partial charge < -0.3 is 0 Å². The average Bonchev–Trinajstić information content (AvgIpc) is 3.51. The zero-order valence-corrected chi connectivity index (χ0v) is 20.4. The molecule has 0 amide bonds. The summed E-state index contributed by atoms with van der Waals surface area (Å²) in [5, 5.41) is 14.3. The molecule has 4 aromatic rings. The Morgan fingerprint density at radius 2 is 1.71 bits per heavy atom. The van der Waals surface area contributed by atoms with Gasteiger partial charge in [-0.2, -0.15) is 0 Å². The highest BCUT2D eigenvalue weighted by Crippen LogP contribution is 2.29. The van der Waals surface area contributed by atoms with E-state index in [-0.39, 0.29) is 5.69 Å². The summed E-state index contributed by atoms with van der Waals surface area (Å²) in [7, 11) is 0. The Balaban J connectivity index is 1.60. The average molecular weight is 459 g/mol. The maximum Gasteiger partial charge on any atom is 0.328 e. The van der Waals surface area contributed by atoms with Gasteiger partial charge in [0.25, 0.3) is 0 Å². The third kappa shape index (κ3) is 5.19. The van der Waals surface area contributed by atoms with E-state index >= 15 is 0 Å². The molecule has 0 fully saturated rings. The number of tetrazole rings is 1. The Morgan fingerprint density at radius 1 is 0.971 bits per heavy atom. The summed E-state index contributed by atoms with van der Waals surface area (Å²) < 4.78 is 3.89. The van der Waals surface area contributed by atoms with E-state index in [1.807, 2.05) is 27.3 Å². The standard InChI is InChI=1S/C27H34N6O/c1-4-7-10-23-19-32(17-20(5-2)6-3)27(34)33(23)18-21-13-15-22(16-14-21)24-11-8-9-12-25(24)26-28-30-31-29-26/h8-9,11-16,19-20H,4-7,10,17-18H2,1-3H3,(H,28,29,30,31). The molecule has 0 spiro atoms. The van der Waals surface area contributed by atoms with E-state index in [4.69, 9.17) is 0 Å². The summed E-state index contributed by atoms with van der Waals surface area (Å²) in [6, 6.07) is 16.5. The van der Waals surface area contributed by atoms with Crippen LogP contribution in [-0.2, 0) is 19.5 Å². The summed E-state index contributed by atoms with van der Waals surface area (Å²) in [6.07, 6.45) is 7.39. The molecule has 0 saturated carbocycles. The summed E-state index contributed by atoms with van der Waals surface area (Å²) >= 11 is 0. The van der Waals surface area contributed by atoms with Crippen molar-refractivity contribution in [2.24, 2.45) is 5.92 Å². The molecule has 4 rings (SSSR count). The molecular weight excluding hydrogens is 424 g/mol. The van der Waals surface area contributed by atoms with Crippen LogP contribution in [0.4, 0.5) is 0 Å². The maximum atomic E-state index is 13.3. The number of aromatic nitrogens is 6. The molecule has 0 bridgehead atoms. The Morgan fingerprint density at radius 3 is 2.35 bits per heavy atom. The normalized spacial score (nSPS) is 11.4. The van der Waals surface area contributed by atoms with Gasteiger partial charge in [-0.3, -0.25) is 9.13 Å². The SMILES string of the molecule is CCCCc1cn(CC(CC)CC)c(=O)n1Cc1ccc(-c2ccccc2-c2nnn[nH]2)cc1. The number of aromatic amines is 1. The lowest BCUT2D eigenvalue weighted by atomic mass is 9.98. The molecule has 2 aromatic carbocycles. The smallest absolute Gasteiger partial charge is 0.299 e. The zero-order chi connectivity index (χ0) is 23.9. The van der Waals surface area contributed by atoms with Crippen molar-refractivity contribution in [1.82, 2.24) is 29.8 Å². The van der Waals surface area contributed by atoms with Crippen LogP contribution in [0.25, 0.3) is 22.5 Å². The number of rotatable bonds is 11. The lowest BCUT2D eigenvalue weighted by Crippen LogP contribution is -2.27. The maximum absolute atomic E-state index is 13.3. The quantitative estimate of drug-likeness (QED) is 0.330. The summed E-state index contributed by atoms with van der Waals surface area (Å²) in [4.78, 5) is 13.3. The van der Waals surface area contributed by atoms with E-state index in [2.05, 4.69) is 77.9 Å². The summed E-state index contributed by atoms with van der Waals surface area (Å²) in [5.41, 5.74) is 5.44. The van der Waals surface area contributed by atoms with E-state index in [0.717, 1.165) is 66.6 Å². The van der Waals surface area contributed by atoms with Crippen LogP contribution in [0.1, 0.15) is 57.7 Å². The van der Waals surface area contributed by atoms with Gasteiger partial charge in [0, 0.05) is 24.0 Å². The number of hydrogen-bond donors (Lipinski definition) is 1. The minimum Gasteiger partial charge on any atom is -0.299 e. The Kier molecular flexibility index (Phi) is 7.72. The van der Waals surface area contributed by atoms with Gasteiger partial charge in [0.05, 0.1) is 6.54 Å². The number of unbranched alkanes of at least 4 members (excludes halogenated alkanes) is 1. The van der Waals surface area contributed by atoms with Crippen LogP contribution in [0, 0.1) is 5.92 Å². The monoisotopic (exact) mass is 458 g/mol. The first-order chi connectivity index (χ1) is 16.6. The van der Waals surface area contributed by atoms with Crippen LogP contribution in [-0.4, -0.2) is 29.8 Å². The minimum atomic E-state index is 0.102. The van der Waals surface area contributed by atoms with Crippen LogP contribution in [0.2, 0.25) is 0 Å². The van der Waals surface area contributed by atoms with Gasteiger partial charge >= 0.3 is 5.69 Å². The predicted molar refractivity (Wildman–Crippen MR) is 136 cm³/mol. The van der Waals surface area contributed by atoms with Gasteiger partial charge in [-0.05, 0) is 45.9 Å². The third-order valence-electron chi connectivity index (χ3n) is 6.66. The zero-order valence-electron chi connectivity index (χ0n) is 20.4. The highest BCUT2D eigenvalue weighted by Gasteiger charge is 2.15. The largest absolute Gasteiger partial charge is 0.328 e. The Labute approximate surface area is 200 Å². The van der Waals surface area contributed by atoms with Crippen molar-refractivity contribution in [3.05, 3.63) is 76.5 Å². The predicted octanol–water partition coefficient (Wildman–Crippen LogP) is 5.32. The van der Waals surface area contributed by atoms with Crippen LogP contribution in [0.5, 0.6) is 0 Å². The molecule has 0 aliphatic rings. The van der Waals surface area contributed by atoms with Gasteiger partial charge in [-0.1, -0.05) is 88.6 Å².